The summed E-state index contributed by atoms with van der Waals surface area (Å²) in [6.07, 6.45) is 8.39. The summed E-state index contributed by atoms with van der Waals surface area (Å²) in [7, 11) is 0. The number of anilines is 1. The van der Waals surface area contributed by atoms with Gasteiger partial charge in [-0.15, -0.1) is 24.0 Å². The van der Waals surface area contributed by atoms with Crippen LogP contribution < -0.4 is 15.5 Å². The number of para-hydroxylation sites is 1. The zero-order chi connectivity index (χ0) is 19.6. The number of benzene rings is 1. The molecule has 3 rings (SSSR count). The average molecular weight is 510 g/mol. The molecule has 29 heavy (non-hydrogen) atoms. The van der Waals surface area contributed by atoms with Crippen LogP contribution in [0.2, 0.25) is 0 Å². The van der Waals surface area contributed by atoms with Crippen LogP contribution in [0.4, 0.5) is 5.69 Å². The van der Waals surface area contributed by atoms with Gasteiger partial charge in [0.1, 0.15) is 5.82 Å². The molecular weight excluding hydrogens is 475 g/mol. The first kappa shape index (κ1) is 23.5. The lowest BCUT2D eigenvalue weighted by Crippen LogP contribution is -2.48. The lowest BCUT2D eigenvalue weighted by Gasteiger charge is -2.34. The number of piperidine rings is 1. The molecule has 2 aromatic rings. The lowest BCUT2D eigenvalue weighted by atomic mass is 10.0. The van der Waals surface area contributed by atoms with Crippen molar-refractivity contribution in [3.05, 3.63) is 48.5 Å². The van der Waals surface area contributed by atoms with Crippen molar-refractivity contribution in [3.8, 4) is 0 Å². The van der Waals surface area contributed by atoms with Gasteiger partial charge in [0.2, 0.25) is 0 Å². The molecule has 0 atom stereocenters. The summed E-state index contributed by atoms with van der Waals surface area (Å²) >= 11 is 0. The minimum atomic E-state index is 0. The van der Waals surface area contributed by atoms with Crippen LogP contribution in [-0.4, -0.2) is 47.7 Å². The van der Waals surface area contributed by atoms with E-state index in [9.17, 15) is 0 Å². The number of halogens is 1. The summed E-state index contributed by atoms with van der Waals surface area (Å²) in [5.41, 5.74) is 1.33. The molecule has 1 saturated heterocycles. The topological polar surface area (TPSA) is 57.5 Å². The molecule has 0 bridgehead atoms. The van der Waals surface area contributed by atoms with E-state index in [4.69, 9.17) is 4.99 Å². The highest BCUT2D eigenvalue weighted by Crippen LogP contribution is 2.19. The monoisotopic (exact) mass is 510 g/mol. The summed E-state index contributed by atoms with van der Waals surface area (Å²) in [4.78, 5) is 11.5. The van der Waals surface area contributed by atoms with Crippen LogP contribution in [0.3, 0.4) is 0 Å². The van der Waals surface area contributed by atoms with Gasteiger partial charge in [-0.2, -0.15) is 0 Å². The molecule has 0 amide bonds. The van der Waals surface area contributed by atoms with Gasteiger partial charge in [0.25, 0.3) is 0 Å². The predicted molar refractivity (Wildman–Crippen MR) is 132 cm³/mol. The number of nitrogens with one attached hydrogen (secondary N) is 2. The maximum atomic E-state index is 4.78. The summed E-state index contributed by atoms with van der Waals surface area (Å²) in [6, 6.07) is 11.2. The number of aromatic nitrogens is 2. The van der Waals surface area contributed by atoms with Crippen molar-refractivity contribution in [1.82, 2.24) is 20.2 Å². The lowest BCUT2D eigenvalue weighted by molar-refractivity contribution is 0.461. The van der Waals surface area contributed by atoms with Crippen molar-refractivity contribution in [2.45, 2.75) is 52.1 Å². The van der Waals surface area contributed by atoms with E-state index in [-0.39, 0.29) is 24.0 Å². The van der Waals surface area contributed by atoms with E-state index >= 15 is 0 Å². The number of guanidine groups is 1. The predicted octanol–water partition coefficient (Wildman–Crippen LogP) is 3.81. The molecule has 1 fully saturated rings. The first-order valence-corrected chi connectivity index (χ1v) is 10.6. The van der Waals surface area contributed by atoms with E-state index in [1.807, 2.05) is 12.4 Å². The van der Waals surface area contributed by atoms with Gasteiger partial charge in [-0.05, 0) is 51.7 Å². The Labute approximate surface area is 192 Å². The quantitative estimate of drug-likeness (QED) is 0.246. The molecule has 0 saturated carbocycles. The summed E-state index contributed by atoms with van der Waals surface area (Å²) < 4.78 is 2.20. The Morgan fingerprint density at radius 2 is 1.93 bits per heavy atom. The van der Waals surface area contributed by atoms with E-state index in [1.54, 1.807) is 0 Å². The van der Waals surface area contributed by atoms with Crippen molar-refractivity contribution < 1.29 is 0 Å². The molecule has 0 radical (unpaired) electrons. The second-order valence-electron chi connectivity index (χ2n) is 7.38. The molecule has 160 valence electrons. The molecule has 0 aliphatic carbocycles. The summed E-state index contributed by atoms with van der Waals surface area (Å²) in [6.45, 7) is 9.11. The molecule has 2 N–H and O–H groups in total. The minimum Gasteiger partial charge on any atom is -0.371 e. The van der Waals surface area contributed by atoms with Crippen molar-refractivity contribution in [3.63, 3.8) is 0 Å². The van der Waals surface area contributed by atoms with Crippen molar-refractivity contribution in [2.75, 3.05) is 31.1 Å². The number of hydrogen-bond acceptors (Lipinski definition) is 3. The highest BCUT2D eigenvalue weighted by atomic mass is 127. The molecule has 1 aromatic heterocycles. The van der Waals surface area contributed by atoms with Crippen LogP contribution >= 0.6 is 24.0 Å². The highest BCUT2D eigenvalue weighted by Gasteiger charge is 2.20. The molecule has 1 aliphatic heterocycles. The fourth-order valence-corrected chi connectivity index (χ4v) is 3.66. The van der Waals surface area contributed by atoms with Crippen molar-refractivity contribution >= 4 is 35.6 Å². The second kappa shape index (κ2) is 12.7. The molecule has 0 unspecified atom stereocenters. The second-order valence-corrected chi connectivity index (χ2v) is 7.38. The van der Waals surface area contributed by atoms with Crippen LogP contribution in [0.5, 0.6) is 0 Å². The van der Waals surface area contributed by atoms with Gasteiger partial charge in [0.05, 0.1) is 0 Å². The number of nitrogens with zero attached hydrogens (tertiary/aromatic N) is 4. The van der Waals surface area contributed by atoms with Crippen molar-refractivity contribution in [1.29, 1.82) is 0 Å². The van der Waals surface area contributed by atoms with Gasteiger partial charge >= 0.3 is 0 Å². The highest BCUT2D eigenvalue weighted by molar-refractivity contribution is 14.0. The molecule has 0 spiro atoms. The number of aryl methyl sites for hydroxylation is 2. The average Bonchev–Trinajstić information content (AvgIpc) is 3.14. The molecular formula is C22H35IN6. The summed E-state index contributed by atoms with van der Waals surface area (Å²) in [5.74, 6) is 2.04. The zero-order valence-corrected chi connectivity index (χ0v) is 20.0. The maximum absolute atomic E-state index is 4.78. The first-order valence-electron chi connectivity index (χ1n) is 10.6. The van der Waals surface area contributed by atoms with E-state index < -0.39 is 0 Å². The Bertz CT molecular complexity index is 722. The van der Waals surface area contributed by atoms with Crippen LogP contribution in [0.25, 0.3) is 0 Å². The Balaban J connectivity index is 0.00000300. The van der Waals surface area contributed by atoms with Gasteiger partial charge in [-0.25, -0.2) is 4.98 Å². The fourth-order valence-electron chi connectivity index (χ4n) is 3.66. The molecule has 2 heterocycles. The third-order valence-electron chi connectivity index (χ3n) is 5.30. The smallest absolute Gasteiger partial charge is 0.191 e. The molecule has 1 aliphatic rings. The normalized spacial score (nSPS) is 15.1. The van der Waals surface area contributed by atoms with Gasteiger partial charge in [-0.3, -0.25) is 4.99 Å². The van der Waals surface area contributed by atoms with Crippen LogP contribution in [0.15, 0.2) is 47.7 Å². The van der Waals surface area contributed by atoms with E-state index in [0.717, 1.165) is 70.2 Å². The SMILES string of the molecule is CCNC(=NCCCCn1ccnc1C)NC1CCN(c2ccccc2)CC1.I. The number of unbranched alkanes of at least 4 members (excludes halogenated alkanes) is 1. The number of imidazole rings is 1. The molecule has 7 heteroatoms. The summed E-state index contributed by atoms with van der Waals surface area (Å²) in [5, 5.41) is 7.04. The van der Waals surface area contributed by atoms with Crippen LogP contribution in [-0.2, 0) is 6.54 Å². The number of rotatable bonds is 8. The fraction of sp³-hybridized carbons (Fsp3) is 0.545. The third kappa shape index (κ3) is 7.53. The van der Waals surface area contributed by atoms with Gasteiger partial charge in [0, 0.05) is 56.8 Å². The minimum absolute atomic E-state index is 0. The standard InChI is InChI=1S/C22H34N6.HI/c1-3-23-22(25-13-7-8-15-27-18-14-24-19(27)2)26-20-11-16-28(17-12-20)21-9-5-4-6-10-21;/h4-6,9-10,14,18,20H,3,7-8,11-13,15-17H2,1-2H3,(H2,23,25,26);1H. The molecule has 1 aromatic carbocycles. The van der Waals surface area contributed by atoms with Crippen molar-refractivity contribution in [2.24, 2.45) is 4.99 Å². The number of hydrogen-bond donors (Lipinski definition) is 2. The Kier molecular flexibility index (Phi) is 10.3. The van der Waals surface area contributed by atoms with Gasteiger partial charge in [0.15, 0.2) is 5.96 Å². The Hall–Kier alpha value is -1.77. The Morgan fingerprint density at radius 1 is 1.17 bits per heavy atom. The van der Waals surface area contributed by atoms with Crippen LogP contribution in [0, 0.1) is 6.92 Å². The molecule has 6 nitrogen and oxygen atoms in total. The Morgan fingerprint density at radius 3 is 2.59 bits per heavy atom. The zero-order valence-electron chi connectivity index (χ0n) is 17.7. The number of aliphatic imine (C=N–C) groups is 1. The van der Waals surface area contributed by atoms with E-state index in [0.29, 0.717) is 6.04 Å². The van der Waals surface area contributed by atoms with Crippen LogP contribution in [0.1, 0.15) is 38.4 Å². The van der Waals surface area contributed by atoms with E-state index in [2.05, 4.69) is 69.3 Å². The largest absolute Gasteiger partial charge is 0.371 e. The third-order valence-corrected chi connectivity index (χ3v) is 5.30. The van der Waals surface area contributed by atoms with Gasteiger partial charge < -0.3 is 20.1 Å². The van der Waals surface area contributed by atoms with E-state index in [1.165, 1.54) is 5.69 Å². The maximum Gasteiger partial charge on any atom is 0.191 e. The van der Waals surface area contributed by atoms with Gasteiger partial charge in [-0.1, -0.05) is 18.2 Å². The first-order chi connectivity index (χ1) is 13.8.